The average Bonchev–Trinajstić information content (AvgIpc) is 3.32. The van der Waals surface area contributed by atoms with E-state index in [4.69, 9.17) is 4.98 Å². The van der Waals surface area contributed by atoms with Crippen LogP contribution >= 0.6 is 0 Å². The van der Waals surface area contributed by atoms with Crippen molar-refractivity contribution in [2.24, 2.45) is 0 Å². The molecule has 0 aliphatic rings. The van der Waals surface area contributed by atoms with Gasteiger partial charge < -0.3 is 5.32 Å². The molecule has 0 spiro atoms. The molecule has 0 saturated carbocycles. The molecule has 158 valence electrons. The van der Waals surface area contributed by atoms with E-state index in [1.165, 1.54) is 6.07 Å². The maximum Gasteiger partial charge on any atom is 0.165 e. The summed E-state index contributed by atoms with van der Waals surface area (Å²) in [6, 6.07) is 28.5. The zero-order chi connectivity index (χ0) is 22.2. The molecule has 0 radical (unpaired) electrons. The van der Waals surface area contributed by atoms with E-state index in [2.05, 4.69) is 20.5 Å². The summed E-state index contributed by atoms with van der Waals surface area (Å²) in [4.78, 5) is 9.36. The van der Waals surface area contributed by atoms with Gasteiger partial charge in [-0.25, -0.2) is 14.4 Å². The molecular weight excluding hydrogens is 413 g/mol. The largest absolute Gasteiger partial charge is 0.340 e. The molecule has 0 unspecified atom stereocenters. The Labute approximate surface area is 189 Å². The topological polar surface area (TPSA) is 66.5 Å². The molecule has 33 heavy (non-hydrogen) atoms. The second kappa shape index (κ2) is 7.84. The minimum Gasteiger partial charge on any atom is -0.340 e. The van der Waals surface area contributed by atoms with E-state index in [0.29, 0.717) is 17.2 Å². The predicted octanol–water partition coefficient (Wildman–Crippen LogP) is 6.72. The maximum absolute atomic E-state index is 15.2. The van der Waals surface area contributed by atoms with Crippen molar-refractivity contribution in [3.8, 4) is 22.5 Å². The summed E-state index contributed by atoms with van der Waals surface area (Å²) in [6.07, 6.45) is 1.77. The lowest BCUT2D eigenvalue weighted by Gasteiger charge is -2.12. The first-order valence-electron chi connectivity index (χ1n) is 10.6. The van der Waals surface area contributed by atoms with Crippen LogP contribution in [0.15, 0.2) is 97.2 Å². The Morgan fingerprint density at radius 2 is 1.61 bits per heavy atom. The molecule has 2 N–H and O–H groups in total. The van der Waals surface area contributed by atoms with E-state index in [1.807, 2.05) is 78.9 Å². The van der Waals surface area contributed by atoms with Crippen LogP contribution in [0.1, 0.15) is 0 Å². The minimum absolute atomic E-state index is 0.331. The highest BCUT2D eigenvalue weighted by molar-refractivity contribution is 5.93. The summed E-state index contributed by atoms with van der Waals surface area (Å²) in [5, 5.41) is 12.2. The molecule has 0 aliphatic carbocycles. The van der Waals surface area contributed by atoms with Crippen LogP contribution in [-0.4, -0.2) is 20.2 Å². The van der Waals surface area contributed by atoms with Gasteiger partial charge in [-0.1, -0.05) is 48.5 Å². The van der Waals surface area contributed by atoms with Gasteiger partial charge in [-0.05, 0) is 53.6 Å². The fourth-order valence-electron chi connectivity index (χ4n) is 3.96. The molecule has 0 aliphatic heterocycles. The Hall–Kier alpha value is -4.58. The third kappa shape index (κ3) is 3.57. The van der Waals surface area contributed by atoms with Gasteiger partial charge in [-0.2, -0.15) is 5.10 Å². The molecule has 2 heterocycles. The number of halogens is 1. The lowest BCUT2D eigenvalue weighted by molar-refractivity contribution is 0.630. The lowest BCUT2D eigenvalue weighted by Crippen LogP contribution is -2.00. The summed E-state index contributed by atoms with van der Waals surface area (Å²) in [7, 11) is 0. The van der Waals surface area contributed by atoms with Gasteiger partial charge >= 0.3 is 0 Å². The Bertz CT molecular complexity index is 1610. The first-order chi connectivity index (χ1) is 16.2. The van der Waals surface area contributed by atoms with Gasteiger partial charge in [0.25, 0.3) is 0 Å². The van der Waals surface area contributed by atoms with Crippen molar-refractivity contribution in [1.29, 1.82) is 0 Å². The summed E-state index contributed by atoms with van der Waals surface area (Å²) in [6.45, 7) is 0. The number of fused-ring (bicyclic) bond motifs is 2. The van der Waals surface area contributed by atoms with E-state index in [-0.39, 0.29) is 5.82 Å². The smallest absolute Gasteiger partial charge is 0.165 e. The molecule has 6 heteroatoms. The van der Waals surface area contributed by atoms with E-state index >= 15 is 4.39 Å². The van der Waals surface area contributed by atoms with E-state index in [0.717, 1.165) is 38.6 Å². The van der Waals surface area contributed by atoms with E-state index in [9.17, 15) is 0 Å². The second-order valence-electron chi connectivity index (χ2n) is 7.77. The molecule has 2 aromatic heterocycles. The van der Waals surface area contributed by atoms with Crippen molar-refractivity contribution >= 4 is 33.3 Å². The van der Waals surface area contributed by atoms with Gasteiger partial charge in [-0.3, -0.25) is 5.10 Å². The molecule has 5 nitrogen and oxygen atoms in total. The van der Waals surface area contributed by atoms with E-state index < -0.39 is 0 Å². The first kappa shape index (κ1) is 19.1. The minimum atomic E-state index is -0.364. The fraction of sp³-hybridized carbons (Fsp3) is 0. The van der Waals surface area contributed by atoms with Crippen LogP contribution in [0.4, 0.5) is 15.9 Å². The SMILES string of the molecule is Fc1cc(-c2ccccc2)ccc1-c1nc(Nc2ccc3[nH]ncc3c2)c2ccccc2n1. The van der Waals surface area contributed by atoms with Gasteiger partial charge in [0.2, 0.25) is 0 Å². The van der Waals surface area contributed by atoms with Gasteiger partial charge in [0.1, 0.15) is 11.6 Å². The molecule has 4 aromatic carbocycles. The van der Waals surface area contributed by atoms with Gasteiger partial charge in [0.05, 0.1) is 22.8 Å². The Morgan fingerprint density at radius 1 is 0.758 bits per heavy atom. The van der Waals surface area contributed by atoms with Crippen LogP contribution in [-0.2, 0) is 0 Å². The zero-order valence-corrected chi connectivity index (χ0v) is 17.5. The highest BCUT2D eigenvalue weighted by Gasteiger charge is 2.14. The number of nitrogens with one attached hydrogen (secondary N) is 2. The second-order valence-corrected chi connectivity index (χ2v) is 7.77. The molecule has 0 saturated heterocycles. The number of aromatic nitrogens is 4. The number of hydrogen-bond acceptors (Lipinski definition) is 4. The van der Waals surface area contributed by atoms with Crippen LogP contribution in [0.2, 0.25) is 0 Å². The van der Waals surface area contributed by atoms with Crippen LogP contribution < -0.4 is 5.32 Å². The number of hydrogen-bond donors (Lipinski definition) is 2. The normalized spacial score (nSPS) is 11.2. The Morgan fingerprint density at radius 3 is 2.48 bits per heavy atom. The van der Waals surface area contributed by atoms with E-state index in [1.54, 1.807) is 12.3 Å². The van der Waals surface area contributed by atoms with Crippen LogP contribution in [0, 0.1) is 5.82 Å². The third-order valence-corrected chi connectivity index (χ3v) is 5.62. The van der Waals surface area contributed by atoms with Crippen molar-refractivity contribution < 1.29 is 4.39 Å². The van der Waals surface area contributed by atoms with Gasteiger partial charge in [-0.15, -0.1) is 0 Å². The summed E-state index contributed by atoms with van der Waals surface area (Å²) >= 11 is 0. The van der Waals surface area contributed by atoms with Gasteiger partial charge in [0.15, 0.2) is 5.82 Å². The zero-order valence-electron chi connectivity index (χ0n) is 17.5. The maximum atomic E-state index is 15.2. The quantitative estimate of drug-likeness (QED) is 0.325. The molecular formula is C27H18FN5. The number of anilines is 2. The predicted molar refractivity (Wildman–Crippen MR) is 130 cm³/mol. The third-order valence-electron chi connectivity index (χ3n) is 5.62. The monoisotopic (exact) mass is 431 g/mol. The standard InChI is InChI=1S/C27H18FN5/c28-23-15-18(17-6-2-1-3-7-17)10-12-21(23)26-31-25-9-5-4-8-22(25)27(32-26)30-20-11-13-24-19(14-20)16-29-33-24/h1-16H,(H,29,33)(H,30,31,32). The van der Waals surface area contributed by atoms with Crippen molar-refractivity contribution in [2.75, 3.05) is 5.32 Å². The fourth-order valence-corrected chi connectivity index (χ4v) is 3.96. The number of para-hydroxylation sites is 1. The Kier molecular flexibility index (Phi) is 4.54. The van der Waals surface area contributed by atoms with Gasteiger partial charge in [0, 0.05) is 16.5 Å². The van der Waals surface area contributed by atoms with Crippen molar-refractivity contribution in [3.05, 3.63) is 103 Å². The summed E-state index contributed by atoms with van der Waals surface area (Å²) in [5.41, 5.74) is 4.67. The number of benzene rings is 4. The molecule has 0 atom stereocenters. The highest BCUT2D eigenvalue weighted by atomic mass is 19.1. The lowest BCUT2D eigenvalue weighted by atomic mass is 10.0. The Balaban J connectivity index is 1.44. The molecule has 6 rings (SSSR count). The summed E-state index contributed by atoms with van der Waals surface area (Å²) < 4.78 is 15.2. The van der Waals surface area contributed by atoms with Crippen molar-refractivity contribution in [2.45, 2.75) is 0 Å². The molecule has 6 aromatic rings. The highest BCUT2D eigenvalue weighted by Crippen LogP contribution is 2.31. The van der Waals surface area contributed by atoms with Crippen LogP contribution in [0.3, 0.4) is 0 Å². The molecule has 0 bridgehead atoms. The first-order valence-corrected chi connectivity index (χ1v) is 10.6. The van der Waals surface area contributed by atoms with Crippen molar-refractivity contribution in [3.63, 3.8) is 0 Å². The number of nitrogens with zero attached hydrogens (tertiary/aromatic N) is 3. The van der Waals surface area contributed by atoms with Crippen molar-refractivity contribution in [1.82, 2.24) is 20.2 Å². The number of rotatable bonds is 4. The molecule has 0 fully saturated rings. The molecule has 0 amide bonds. The number of H-pyrrole nitrogens is 1. The number of aromatic amines is 1. The average molecular weight is 431 g/mol. The van der Waals surface area contributed by atoms with Crippen LogP contribution in [0.25, 0.3) is 44.3 Å². The summed E-state index contributed by atoms with van der Waals surface area (Å²) in [5.74, 6) is 0.583. The van der Waals surface area contributed by atoms with Crippen LogP contribution in [0.5, 0.6) is 0 Å².